The number of ether oxygens (including phenoxy) is 2. The highest BCUT2D eigenvalue weighted by atomic mass is 19.4. The Kier molecular flexibility index (Phi) is 5.72. The van der Waals surface area contributed by atoms with Crippen LogP contribution in [0.4, 0.5) is 13.2 Å². The largest absolute Gasteiger partial charge is 0.573 e. The van der Waals surface area contributed by atoms with Crippen LogP contribution >= 0.6 is 0 Å². The fraction of sp³-hybridized carbons (Fsp3) is 0.444. The molecule has 0 aliphatic carbocycles. The zero-order valence-electron chi connectivity index (χ0n) is 15.8. The SMILES string of the molecule is COc1c(CNC(=O)c2cc(C(C)(C)C)nn2C)cccc1OC(F)(F)F. The Bertz CT molecular complexity index is 823. The second kappa shape index (κ2) is 7.50. The van der Waals surface area contributed by atoms with E-state index in [9.17, 15) is 18.0 Å². The lowest BCUT2D eigenvalue weighted by Gasteiger charge is -2.16. The monoisotopic (exact) mass is 385 g/mol. The summed E-state index contributed by atoms with van der Waals surface area (Å²) in [6, 6.07) is 5.78. The summed E-state index contributed by atoms with van der Waals surface area (Å²) < 4.78 is 48.0. The van der Waals surface area contributed by atoms with E-state index in [1.54, 1.807) is 19.2 Å². The Labute approximate surface area is 155 Å². The number of methoxy groups -OCH3 is 1. The van der Waals surface area contributed by atoms with Crippen LogP contribution in [0.3, 0.4) is 0 Å². The van der Waals surface area contributed by atoms with Gasteiger partial charge in [0.1, 0.15) is 5.69 Å². The van der Waals surface area contributed by atoms with E-state index in [4.69, 9.17) is 4.74 Å². The molecule has 0 bridgehead atoms. The molecule has 9 heteroatoms. The number of halogens is 3. The average Bonchev–Trinajstić information content (AvgIpc) is 2.93. The first-order valence-electron chi connectivity index (χ1n) is 8.16. The Morgan fingerprint density at radius 2 is 1.93 bits per heavy atom. The van der Waals surface area contributed by atoms with E-state index in [1.165, 1.54) is 17.9 Å². The van der Waals surface area contributed by atoms with E-state index in [2.05, 4.69) is 15.2 Å². The zero-order chi connectivity index (χ0) is 20.4. The van der Waals surface area contributed by atoms with Crippen molar-refractivity contribution < 1.29 is 27.4 Å². The Morgan fingerprint density at radius 3 is 2.44 bits per heavy atom. The molecule has 0 unspecified atom stereocenters. The van der Waals surface area contributed by atoms with E-state index in [1.807, 2.05) is 20.8 Å². The third kappa shape index (κ3) is 5.15. The van der Waals surface area contributed by atoms with E-state index >= 15 is 0 Å². The topological polar surface area (TPSA) is 65.4 Å². The number of benzene rings is 1. The van der Waals surface area contributed by atoms with Crippen molar-refractivity contribution in [2.45, 2.75) is 39.1 Å². The van der Waals surface area contributed by atoms with Crippen LogP contribution in [0.1, 0.15) is 42.5 Å². The molecule has 0 saturated carbocycles. The molecule has 0 radical (unpaired) electrons. The van der Waals surface area contributed by atoms with Gasteiger partial charge in [0.25, 0.3) is 5.91 Å². The van der Waals surface area contributed by atoms with Crippen molar-refractivity contribution in [3.05, 3.63) is 41.2 Å². The van der Waals surface area contributed by atoms with Crippen molar-refractivity contribution in [3.8, 4) is 11.5 Å². The van der Waals surface area contributed by atoms with Crippen molar-refractivity contribution >= 4 is 5.91 Å². The lowest BCUT2D eigenvalue weighted by atomic mass is 9.92. The number of alkyl halides is 3. The molecular weight excluding hydrogens is 363 g/mol. The average molecular weight is 385 g/mol. The number of nitrogens with zero attached hydrogens (tertiary/aromatic N) is 2. The first kappa shape index (κ1) is 20.6. The molecule has 0 atom stereocenters. The van der Waals surface area contributed by atoms with Gasteiger partial charge in [-0.2, -0.15) is 5.10 Å². The molecular formula is C18H22F3N3O3. The minimum atomic E-state index is -4.84. The molecule has 1 N–H and O–H groups in total. The maximum Gasteiger partial charge on any atom is 0.573 e. The zero-order valence-corrected chi connectivity index (χ0v) is 15.8. The first-order valence-corrected chi connectivity index (χ1v) is 8.16. The summed E-state index contributed by atoms with van der Waals surface area (Å²) >= 11 is 0. The lowest BCUT2D eigenvalue weighted by molar-refractivity contribution is -0.275. The van der Waals surface area contributed by atoms with Gasteiger partial charge in [0.2, 0.25) is 0 Å². The number of aromatic nitrogens is 2. The highest BCUT2D eigenvalue weighted by Gasteiger charge is 2.33. The van der Waals surface area contributed by atoms with Gasteiger partial charge >= 0.3 is 6.36 Å². The van der Waals surface area contributed by atoms with Crippen LogP contribution < -0.4 is 14.8 Å². The van der Waals surface area contributed by atoms with Gasteiger partial charge in [0.15, 0.2) is 11.5 Å². The molecule has 0 saturated heterocycles. The molecule has 2 rings (SSSR count). The van der Waals surface area contributed by atoms with Gasteiger partial charge in [-0.25, -0.2) is 0 Å². The third-order valence-electron chi connectivity index (χ3n) is 3.81. The maximum absolute atomic E-state index is 12.5. The lowest BCUT2D eigenvalue weighted by Crippen LogP contribution is -2.25. The van der Waals surface area contributed by atoms with Gasteiger partial charge < -0.3 is 14.8 Å². The first-order chi connectivity index (χ1) is 12.4. The number of carbonyl (C=O) groups excluding carboxylic acids is 1. The highest BCUT2D eigenvalue weighted by Crippen LogP contribution is 2.35. The number of hydrogen-bond acceptors (Lipinski definition) is 4. The summed E-state index contributed by atoms with van der Waals surface area (Å²) in [4.78, 5) is 12.5. The number of carbonyl (C=O) groups is 1. The summed E-state index contributed by atoms with van der Waals surface area (Å²) in [5.74, 6) is -0.951. The second-order valence-electron chi connectivity index (χ2n) is 6.97. The quantitative estimate of drug-likeness (QED) is 0.855. The molecule has 148 valence electrons. The fourth-order valence-electron chi connectivity index (χ4n) is 2.45. The molecule has 2 aromatic rings. The predicted octanol–water partition coefficient (Wildman–Crippen LogP) is 3.55. The summed E-state index contributed by atoms with van der Waals surface area (Å²) in [7, 11) is 2.89. The number of amides is 1. The molecule has 0 aliphatic heterocycles. The molecule has 1 aromatic heterocycles. The minimum Gasteiger partial charge on any atom is -0.492 e. The third-order valence-corrected chi connectivity index (χ3v) is 3.81. The van der Waals surface area contributed by atoms with Gasteiger partial charge in [0.05, 0.1) is 12.8 Å². The van der Waals surface area contributed by atoms with E-state index in [-0.39, 0.29) is 17.7 Å². The second-order valence-corrected chi connectivity index (χ2v) is 6.97. The normalized spacial score (nSPS) is 12.0. The van der Waals surface area contributed by atoms with Crippen LogP contribution in [0.25, 0.3) is 0 Å². The number of rotatable bonds is 5. The Morgan fingerprint density at radius 1 is 1.26 bits per heavy atom. The van der Waals surface area contributed by atoms with Crippen molar-refractivity contribution in [2.75, 3.05) is 7.11 Å². The molecule has 6 nitrogen and oxygen atoms in total. The van der Waals surface area contributed by atoms with Crippen LogP contribution in [-0.4, -0.2) is 29.2 Å². The molecule has 0 spiro atoms. The van der Waals surface area contributed by atoms with Crippen LogP contribution in [-0.2, 0) is 19.0 Å². The molecule has 0 fully saturated rings. The van der Waals surface area contributed by atoms with Crippen molar-refractivity contribution in [3.63, 3.8) is 0 Å². The van der Waals surface area contributed by atoms with Gasteiger partial charge in [-0.3, -0.25) is 9.48 Å². The van der Waals surface area contributed by atoms with Crippen LogP contribution in [0.5, 0.6) is 11.5 Å². The smallest absolute Gasteiger partial charge is 0.492 e. The predicted molar refractivity (Wildman–Crippen MR) is 92.8 cm³/mol. The van der Waals surface area contributed by atoms with Crippen LogP contribution in [0.15, 0.2) is 24.3 Å². The number of hydrogen-bond donors (Lipinski definition) is 1. The van der Waals surface area contributed by atoms with Crippen LogP contribution in [0.2, 0.25) is 0 Å². The molecule has 27 heavy (non-hydrogen) atoms. The van der Waals surface area contributed by atoms with E-state index < -0.39 is 18.0 Å². The summed E-state index contributed by atoms with van der Waals surface area (Å²) in [6.07, 6.45) is -4.84. The van der Waals surface area contributed by atoms with Gasteiger partial charge in [-0.1, -0.05) is 32.9 Å². The van der Waals surface area contributed by atoms with Gasteiger partial charge in [-0.05, 0) is 12.1 Å². The fourth-order valence-corrected chi connectivity index (χ4v) is 2.45. The molecule has 1 aromatic carbocycles. The maximum atomic E-state index is 12.5. The van der Waals surface area contributed by atoms with Crippen molar-refractivity contribution in [1.29, 1.82) is 0 Å². The van der Waals surface area contributed by atoms with E-state index in [0.29, 0.717) is 11.3 Å². The Hall–Kier alpha value is -2.71. The molecule has 1 amide bonds. The van der Waals surface area contributed by atoms with Crippen molar-refractivity contribution in [1.82, 2.24) is 15.1 Å². The van der Waals surface area contributed by atoms with Gasteiger partial charge in [-0.15, -0.1) is 13.2 Å². The number of nitrogens with one attached hydrogen (secondary N) is 1. The van der Waals surface area contributed by atoms with Crippen molar-refractivity contribution in [2.24, 2.45) is 7.05 Å². The highest BCUT2D eigenvalue weighted by molar-refractivity contribution is 5.92. The summed E-state index contributed by atoms with van der Waals surface area (Å²) in [6.45, 7) is 5.91. The van der Waals surface area contributed by atoms with Crippen LogP contribution in [0, 0.1) is 0 Å². The number of para-hydroxylation sites is 1. The van der Waals surface area contributed by atoms with E-state index in [0.717, 1.165) is 11.8 Å². The standard InChI is InChI=1S/C18H22F3N3O3/c1-17(2,3)14-9-12(24(4)23-14)16(25)22-10-11-7-6-8-13(15(11)26-5)27-18(19,20)21/h6-9H,10H2,1-5H3,(H,22,25). The Balaban J connectivity index is 2.18. The number of aryl methyl sites for hydroxylation is 1. The minimum absolute atomic E-state index is 0.0346. The molecule has 0 aliphatic rings. The molecule has 1 heterocycles. The summed E-state index contributed by atoms with van der Waals surface area (Å²) in [5, 5.41) is 7.00. The summed E-state index contributed by atoms with van der Waals surface area (Å²) in [5.41, 5.74) is 1.24. The van der Waals surface area contributed by atoms with Gasteiger partial charge in [0, 0.05) is 24.6 Å².